The number of carbonyl (C=O) groups excluding carboxylic acids is 2. The molecule has 0 N–H and O–H groups in total. The van der Waals surface area contributed by atoms with Crippen LogP contribution >= 0.6 is 0 Å². The van der Waals surface area contributed by atoms with Crippen molar-refractivity contribution in [1.82, 2.24) is 4.90 Å². The van der Waals surface area contributed by atoms with Crippen molar-refractivity contribution in [3.05, 3.63) is 29.8 Å². The lowest BCUT2D eigenvalue weighted by Crippen LogP contribution is -2.75. The van der Waals surface area contributed by atoms with Gasteiger partial charge in [0.2, 0.25) is 0 Å². The number of carbonyl (C=O) groups is 2. The van der Waals surface area contributed by atoms with E-state index in [4.69, 9.17) is 18.9 Å². The first-order valence-electron chi connectivity index (χ1n) is 13.4. The first-order valence-corrected chi connectivity index (χ1v) is 13.4. The summed E-state index contributed by atoms with van der Waals surface area (Å²) in [4.78, 5) is 28.1. The molecule has 36 heavy (non-hydrogen) atoms. The van der Waals surface area contributed by atoms with Gasteiger partial charge in [-0.05, 0) is 87.2 Å². The van der Waals surface area contributed by atoms with Crippen LogP contribution in [0.15, 0.2) is 24.3 Å². The van der Waals surface area contributed by atoms with E-state index in [0.29, 0.717) is 23.3 Å². The Morgan fingerprint density at radius 3 is 2.42 bits per heavy atom. The molecule has 2 aliphatic carbocycles. The Hall–Kier alpha value is -2.54. The zero-order valence-electron chi connectivity index (χ0n) is 21.9. The normalized spacial score (nSPS) is 35.6. The summed E-state index contributed by atoms with van der Waals surface area (Å²) in [7, 11) is 3.17. The van der Waals surface area contributed by atoms with Gasteiger partial charge in [-0.1, -0.05) is 13.0 Å². The number of rotatable bonds is 6. The molecule has 5 rings (SSSR count). The van der Waals surface area contributed by atoms with Crippen LogP contribution < -0.4 is 9.47 Å². The first kappa shape index (κ1) is 25.1. The van der Waals surface area contributed by atoms with Gasteiger partial charge in [-0.25, -0.2) is 4.79 Å². The maximum absolute atomic E-state index is 13.2. The maximum atomic E-state index is 13.2. The van der Waals surface area contributed by atoms with Crippen LogP contribution in [-0.2, 0) is 19.1 Å². The van der Waals surface area contributed by atoms with Gasteiger partial charge in [-0.2, -0.15) is 0 Å². The van der Waals surface area contributed by atoms with Crippen LogP contribution in [0.1, 0.15) is 57.9 Å². The van der Waals surface area contributed by atoms with Crippen LogP contribution in [0.4, 0.5) is 0 Å². The van der Waals surface area contributed by atoms with E-state index in [1.54, 1.807) is 20.3 Å². The molecule has 7 atom stereocenters. The Balaban J connectivity index is 1.43. The second kappa shape index (κ2) is 10.1. The SMILES string of the molecule is COc1ccc(/C=C/C(=O)O[C@@H]2[C@@H](OC(C)=O)[C@H]3C[C@@H](C)C[C@]45[C@@H]2CCCN4CCC[C@@H]35)cc1OC. The maximum Gasteiger partial charge on any atom is 0.331 e. The molecule has 2 bridgehead atoms. The van der Waals surface area contributed by atoms with E-state index < -0.39 is 12.1 Å². The summed E-state index contributed by atoms with van der Waals surface area (Å²) in [5.41, 5.74) is 0.860. The van der Waals surface area contributed by atoms with E-state index in [-0.39, 0.29) is 29.4 Å². The predicted octanol–water partition coefficient (Wildman–Crippen LogP) is 4.48. The van der Waals surface area contributed by atoms with Gasteiger partial charge in [0.1, 0.15) is 12.2 Å². The molecule has 1 aromatic rings. The quantitative estimate of drug-likeness (QED) is 0.424. The zero-order valence-corrected chi connectivity index (χ0v) is 21.9. The van der Waals surface area contributed by atoms with E-state index in [9.17, 15) is 9.59 Å². The number of esters is 2. The Labute approximate surface area is 214 Å². The van der Waals surface area contributed by atoms with Gasteiger partial charge in [0.15, 0.2) is 11.5 Å². The van der Waals surface area contributed by atoms with Gasteiger partial charge in [0.05, 0.1) is 14.2 Å². The Kier molecular flexibility index (Phi) is 7.03. The van der Waals surface area contributed by atoms with Crippen molar-refractivity contribution < 1.29 is 28.5 Å². The molecule has 0 amide bonds. The summed E-state index contributed by atoms with van der Waals surface area (Å²) >= 11 is 0. The highest BCUT2D eigenvalue weighted by molar-refractivity contribution is 5.87. The molecule has 2 saturated heterocycles. The number of piperidine rings is 2. The van der Waals surface area contributed by atoms with Gasteiger partial charge in [0.25, 0.3) is 0 Å². The topological polar surface area (TPSA) is 74.3 Å². The molecule has 2 saturated carbocycles. The molecule has 7 heteroatoms. The first-order chi connectivity index (χ1) is 17.4. The van der Waals surface area contributed by atoms with Gasteiger partial charge in [-0.3, -0.25) is 9.69 Å². The van der Waals surface area contributed by atoms with E-state index in [0.717, 1.165) is 44.3 Å². The number of benzene rings is 1. The third-order valence-electron chi connectivity index (χ3n) is 9.14. The van der Waals surface area contributed by atoms with Gasteiger partial charge in [-0.15, -0.1) is 0 Å². The van der Waals surface area contributed by atoms with Crippen LogP contribution in [-0.4, -0.2) is 61.9 Å². The molecule has 196 valence electrons. The third kappa shape index (κ3) is 4.29. The van der Waals surface area contributed by atoms with E-state index in [2.05, 4.69) is 11.8 Å². The van der Waals surface area contributed by atoms with Crippen molar-refractivity contribution in [2.45, 2.75) is 70.1 Å². The van der Waals surface area contributed by atoms with Crippen molar-refractivity contribution in [2.75, 3.05) is 27.3 Å². The number of ether oxygens (including phenoxy) is 4. The molecule has 1 spiro atoms. The number of methoxy groups -OCH3 is 2. The highest BCUT2D eigenvalue weighted by atomic mass is 16.6. The highest BCUT2D eigenvalue weighted by Crippen LogP contribution is 2.61. The highest BCUT2D eigenvalue weighted by Gasteiger charge is 2.67. The van der Waals surface area contributed by atoms with Crippen molar-refractivity contribution in [2.24, 2.45) is 23.7 Å². The van der Waals surface area contributed by atoms with Gasteiger partial charge >= 0.3 is 11.9 Å². The molecular formula is C29H39NO6. The molecule has 7 nitrogen and oxygen atoms in total. The lowest BCUT2D eigenvalue weighted by molar-refractivity contribution is -0.247. The number of hydrogen-bond donors (Lipinski definition) is 0. The molecule has 2 aliphatic heterocycles. The van der Waals surface area contributed by atoms with Gasteiger partial charge < -0.3 is 18.9 Å². The van der Waals surface area contributed by atoms with E-state index in [1.807, 2.05) is 18.2 Å². The average molecular weight is 498 g/mol. The predicted molar refractivity (Wildman–Crippen MR) is 136 cm³/mol. The minimum atomic E-state index is -0.425. The minimum Gasteiger partial charge on any atom is -0.493 e. The molecule has 4 fully saturated rings. The van der Waals surface area contributed by atoms with E-state index >= 15 is 0 Å². The molecule has 0 radical (unpaired) electrons. The molecule has 0 unspecified atom stereocenters. The van der Waals surface area contributed by atoms with Crippen LogP contribution in [0.5, 0.6) is 11.5 Å². The Bertz CT molecular complexity index is 1020. The largest absolute Gasteiger partial charge is 0.493 e. The fourth-order valence-corrected chi connectivity index (χ4v) is 8.14. The Morgan fingerprint density at radius 1 is 1.00 bits per heavy atom. The zero-order chi connectivity index (χ0) is 25.4. The molecule has 4 aliphatic rings. The standard InChI is InChI=1S/C29H39NO6/c1-18-15-21-22-7-5-13-30-14-6-8-23(29(22,30)17-18)28(27(21)35-19(2)31)36-26(32)12-10-20-9-11-24(33-3)25(16-20)34-4/h9-12,16,18,21-23,27-28H,5-8,13-15,17H2,1-4H3/b12-10+/t18-,21+,22+,23-,27+,28+,29+/m1/s1. The smallest absolute Gasteiger partial charge is 0.331 e. The number of hydrogen-bond acceptors (Lipinski definition) is 7. The summed E-state index contributed by atoms with van der Waals surface area (Å²) in [5, 5.41) is 0. The molecule has 0 aromatic heterocycles. The van der Waals surface area contributed by atoms with Crippen molar-refractivity contribution >= 4 is 18.0 Å². The van der Waals surface area contributed by atoms with Crippen molar-refractivity contribution in [3.63, 3.8) is 0 Å². The second-order valence-electron chi connectivity index (χ2n) is 11.1. The minimum absolute atomic E-state index is 0.0491. The fourth-order valence-electron chi connectivity index (χ4n) is 8.14. The lowest BCUT2D eigenvalue weighted by atomic mass is 9.47. The summed E-state index contributed by atoms with van der Waals surface area (Å²) in [6.45, 7) is 6.03. The fraction of sp³-hybridized carbons (Fsp3) is 0.655. The van der Waals surface area contributed by atoms with Crippen molar-refractivity contribution in [1.29, 1.82) is 0 Å². The van der Waals surface area contributed by atoms with Gasteiger partial charge in [0, 0.05) is 30.4 Å². The molecule has 1 aromatic carbocycles. The average Bonchev–Trinajstić information content (AvgIpc) is 2.86. The third-order valence-corrected chi connectivity index (χ3v) is 9.14. The van der Waals surface area contributed by atoms with Crippen LogP contribution in [0, 0.1) is 23.7 Å². The van der Waals surface area contributed by atoms with Crippen LogP contribution in [0.2, 0.25) is 0 Å². The summed E-state index contributed by atoms with van der Waals surface area (Å²) in [6, 6.07) is 5.49. The monoisotopic (exact) mass is 497 g/mol. The van der Waals surface area contributed by atoms with Crippen LogP contribution in [0.3, 0.4) is 0 Å². The summed E-state index contributed by atoms with van der Waals surface area (Å²) in [5.74, 6) is 1.99. The number of nitrogens with zero attached hydrogens (tertiary/aromatic N) is 1. The van der Waals surface area contributed by atoms with Crippen molar-refractivity contribution in [3.8, 4) is 11.5 Å². The second-order valence-corrected chi connectivity index (χ2v) is 11.1. The van der Waals surface area contributed by atoms with Crippen LogP contribution in [0.25, 0.3) is 6.08 Å². The Morgan fingerprint density at radius 2 is 1.72 bits per heavy atom. The summed E-state index contributed by atoms with van der Waals surface area (Å²) in [6.07, 6.45) is 8.98. The lowest BCUT2D eigenvalue weighted by Gasteiger charge is -2.68. The van der Waals surface area contributed by atoms with E-state index in [1.165, 1.54) is 25.8 Å². The summed E-state index contributed by atoms with van der Waals surface area (Å²) < 4.78 is 22.9. The molecular weight excluding hydrogens is 458 g/mol. The molecule has 2 heterocycles.